The number of sulfonamides is 1. The minimum Gasteiger partial charge on any atom is -0.315 e. The Morgan fingerprint density at radius 2 is 1.70 bits per heavy atom. The van der Waals surface area contributed by atoms with Gasteiger partial charge in [-0.05, 0) is 55.7 Å². The van der Waals surface area contributed by atoms with E-state index >= 15 is 0 Å². The summed E-state index contributed by atoms with van der Waals surface area (Å²) in [4.78, 5) is 0.392. The van der Waals surface area contributed by atoms with Crippen LogP contribution in [0.1, 0.15) is 89.1 Å². The number of nitrogens with zero attached hydrogens (tertiary/aromatic N) is 4. The second kappa shape index (κ2) is 8.08. The molecule has 1 saturated heterocycles. The van der Waals surface area contributed by atoms with Crippen molar-refractivity contribution in [1.29, 1.82) is 0 Å². The van der Waals surface area contributed by atoms with E-state index in [2.05, 4.69) is 42.5 Å². The largest absolute Gasteiger partial charge is 0.315 e. The van der Waals surface area contributed by atoms with Gasteiger partial charge in [0.15, 0.2) is 0 Å². The van der Waals surface area contributed by atoms with E-state index in [0.29, 0.717) is 23.9 Å². The molecular weight excluding hydrogens is 396 g/mol. The van der Waals surface area contributed by atoms with Crippen molar-refractivity contribution in [2.24, 2.45) is 5.41 Å². The summed E-state index contributed by atoms with van der Waals surface area (Å²) in [6, 6.07) is 7.67. The van der Waals surface area contributed by atoms with Crippen molar-refractivity contribution in [2.45, 2.75) is 82.6 Å². The summed E-state index contributed by atoms with van der Waals surface area (Å²) >= 11 is 0. The van der Waals surface area contributed by atoms with E-state index in [0.717, 1.165) is 37.1 Å². The third-order valence-corrected chi connectivity index (χ3v) is 8.95. The van der Waals surface area contributed by atoms with Gasteiger partial charge >= 0.3 is 0 Å². The Bertz CT molecular complexity index is 973. The van der Waals surface area contributed by atoms with Crippen molar-refractivity contribution < 1.29 is 8.42 Å². The van der Waals surface area contributed by atoms with Crippen LogP contribution in [0, 0.1) is 5.41 Å². The van der Waals surface area contributed by atoms with Gasteiger partial charge in [0, 0.05) is 25.0 Å². The molecule has 0 N–H and O–H groups in total. The van der Waals surface area contributed by atoms with Gasteiger partial charge in [0.1, 0.15) is 12.2 Å². The quantitative estimate of drug-likeness (QED) is 0.688. The monoisotopic (exact) mass is 430 g/mol. The molecule has 6 nitrogen and oxygen atoms in total. The molecule has 2 heterocycles. The molecule has 1 aliphatic carbocycles. The van der Waals surface area contributed by atoms with Crippen molar-refractivity contribution in [3.8, 4) is 0 Å². The lowest BCUT2D eigenvalue weighted by atomic mass is 9.67. The minimum absolute atomic E-state index is 0.0388. The maximum Gasteiger partial charge on any atom is 0.243 e. The lowest BCUT2D eigenvalue weighted by Gasteiger charge is -2.38. The lowest BCUT2D eigenvalue weighted by molar-refractivity contribution is 0.175. The average molecular weight is 431 g/mol. The molecule has 30 heavy (non-hydrogen) atoms. The molecule has 1 atom stereocenters. The number of aromatic nitrogens is 3. The van der Waals surface area contributed by atoms with Crippen LogP contribution in [-0.4, -0.2) is 40.6 Å². The summed E-state index contributed by atoms with van der Waals surface area (Å²) in [5.41, 5.74) is 1.12. The summed E-state index contributed by atoms with van der Waals surface area (Å²) in [6.07, 6.45) is 7.45. The molecule has 0 radical (unpaired) electrons. The zero-order valence-electron chi connectivity index (χ0n) is 18.6. The highest BCUT2D eigenvalue weighted by Gasteiger charge is 2.52. The first-order valence-electron chi connectivity index (χ1n) is 11.2. The third kappa shape index (κ3) is 3.71. The number of rotatable bonds is 5. The molecule has 4 rings (SSSR count). The number of benzene rings is 1. The van der Waals surface area contributed by atoms with E-state index in [1.54, 1.807) is 22.8 Å². The maximum absolute atomic E-state index is 13.6. The summed E-state index contributed by atoms with van der Waals surface area (Å²) < 4.78 is 31.0. The molecule has 2 fully saturated rings. The van der Waals surface area contributed by atoms with E-state index in [-0.39, 0.29) is 17.4 Å². The maximum atomic E-state index is 13.6. The van der Waals surface area contributed by atoms with Gasteiger partial charge in [-0.3, -0.25) is 0 Å². The molecule has 1 aromatic carbocycles. The molecule has 2 aromatic rings. The van der Waals surface area contributed by atoms with E-state index < -0.39 is 10.0 Å². The molecule has 1 unspecified atom stereocenters. The van der Waals surface area contributed by atoms with Gasteiger partial charge in [-0.1, -0.05) is 45.2 Å². The van der Waals surface area contributed by atoms with Crippen molar-refractivity contribution in [3.63, 3.8) is 0 Å². The van der Waals surface area contributed by atoms with Crippen molar-refractivity contribution >= 4 is 10.0 Å². The highest BCUT2D eigenvalue weighted by molar-refractivity contribution is 7.89. The van der Waals surface area contributed by atoms with Gasteiger partial charge in [0.05, 0.1) is 4.90 Å². The molecule has 2 aliphatic rings. The fraction of sp³-hybridized carbons (Fsp3) is 0.652. The van der Waals surface area contributed by atoms with Crippen LogP contribution < -0.4 is 0 Å². The Morgan fingerprint density at radius 3 is 2.30 bits per heavy atom. The van der Waals surface area contributed by atoms with Gasteiger partial charge < -0.3 is 4.57 Å². The van der Waals surface area contributed by atoms with Crippen LogP contribution >= 0.6 is 0 Å². The molecular formula is C23H34N4O2S. The van der Waals surface area contributed by atoms with Crippen molar-refractivity contribution in [1.82, 2.24) is 19.1 Å². The van der Waals surface area contributed by atoms with Crippen LogP contribution in [-0.2, 0) is 10.0 Å². The van der Waals surface area contributed by atoms with Gasteiger partial charge in [0.2, 0.25) is 10.0 Å². The Morgan fingerprint density at radius 1 is 1.03 bits per heavy atom. The van der Waals surface area contributed by atoms with Crippen LogP contribution in [0.5, 0.6) is 0 Å². The number of hydrogen-bond donors (Lipinski definition) is 0. The fourth-order valence-electron chi connectivity index (χ4n) is 5.30. The van der Waals surface area contributed by atoms with Crippen molar-refractivity contribution in [2.75, 3.05) is 13.1 Å². The lowest BCUT2D eigenvalue weighted by Crippen LogP contribution is -2.34. The van der Waals surface area contributed by atoms with Gasteiger partial charge in [-0.2, -0.15) is 4.31 Å². The summed E-state index contributed by atoms with van der Waals surface area (Å²) in [7, 11) is -3.54. The van der Waals surface area contributed by atoms with E-state index in [1.807, 2.05) is 12.1 Å². The van der Waals surface area contributed by atoms with Gasteiger partial charge in [-0.25, -0.2) is 8.42 Å². The summed E-state index contributed by atoms with van der Waals surface area (Å²) in [5, 5.41) is 8.66. The Hall–Kier alpha value is -1.73. The summed E-state index contributed by atoms with van der Waals surface area (Å²) in [6.45, 7) is 9.55. The molecule has 7 heteroatoms. The first kappa shape index (κ1) is 21.5. The van der Waals surface area contributed by atoms with Crippen LogP contribution in [0.2, 0.25) is 0 Å². The predicted octanol–water partition coefficient (Wildman–Crippen LogP) is 4.72. The normalized spacial score (nSPS) is 22.4. The predicted molar refractivity (Wildman–Crippen MR) is 118 cm³/mol. The molecule has 1 aliphatic heterocycles. The highest BCUT2D eigenvalue weighted by atomic mass is 32.2. The van der Waals surface area contributed by atoms with Crippen LogP contribution in [0.3, 0.4) is 0 Å². The second-order valence-corrected chi connectivity index (χ2v) is 11.6. The topological polar surface area (TPSA) is 68.1 Å². The average Bonchev–Trinajstić information content (AvgIpc) is 3.34. The molecule has 0 bridgehead atoms. The van der Waals surface area contributed by atoms with Crippen LogP contribution in [0.4, 0.5) is 0 Å². The first-order chi connectivity index (χ1) is 14.2. The fourth-order valence-corrected chi connectivity index (χ4v) is 6.85. The molecule has 1 saturated carbocycles. The Kier molecular flexibility index (Phi) is 5.79. The van der Waals surface area contributed by atoms with E-state index in [4.69, 9.17) is 0 Å². The van der Waals surface area contributed by atoms with Crippen molar-refractivity contribution in [3.05, 3.63) is 42.0 Å². The van der Waals surface area contributed by atoms with Crippen LogP contribution in [0.15, 0.2) is 35.5 Å². The zero-order chi connectivity index (χ0) is 21.5. The molecule has 164 valence electrons. The molecule has 1 spiro atoms. The van der Waals surface area contributed by atoms with Crippen LogP contribution in [0.25, 0.3) is 0 Å². The molecule has 0 amide bonds. The Labute approximate surface area is 180 Å². The SMILES string of the molecule is CC(C)c1ccc(S(=O)(=O)N2CC(c3nncn3C(C)C)C3(CCCCC3)C2)cc1. The summed E-state index contributed by atoms with van der Waals surface area (Å²) in [5.74, 6) is 1.41. The zero-order valence-corrected chi connectivity index (χ0v) is 19.4. The Balaban J connectivity index is 1.69. The van der Waals surface area contributed by atoms with Gasteiger partial charge in [-0.15, -0.1) is 10.2 Å². The first-order valence-corrected chi connectivity index (χ1v) is 12.7. The highest BCUT2D eigenvalue weighted by Crippen LogP contribution is 2.52. The minimum atomic E-state index is -3.54. The third-order valence-electron chi connectivity index (χ3n) is 7.12. The standard InChI is InChI=1S/C23H34N4O2S/c1-17(2)19-8-10-20(11-9-19)30(28,29)26-14-21(22-25-24-16-27(22)18(3)4)23(15-26)12-6-5-7-13-23/h8-11,16-18,21H,5-7,12-15H2,1-4H3. The molecule has 1 aromatic heterocycles. The van der Waals surface area contributed by atoms with E-state index in [1.165, 1.54) is 6.42 Å². The smallest absolute Gasteiger partial charge is 0.243 e. The number of hydrogen-bond acceptors (Lipinski definition) is 4. The van der Waals surface area contributed by atoms with Gasteiger partial charge in [0.25, 0.3) is 0 Å². The second-order valence-electron chi connectivity index (χ2n) is 9.69. The van der Waals surface area contributed by atoms with E-state index in [9.17, 15) is 8.42 Å².